The van der Waals surface area contributed by atoms with Crippen LogP contribution in [0.3, 0.4) is 0 Å². The third-order valence-electron chi connectivity index (χ3n) is 2.72. The molecule has 0 unspecified atom stereocenters. The fraction of sp³-hybridized carbons (Fsp3) is 0. The molecule has 0 amide bonds. The second kappa shape index (κ2) is 4.86. The Morgan fingerprint density at radius 1 is 1.25 bits per heavy atom. The van der Waals surface area contributed by atoms with E-state index in [1.54, 1.807) is 18.2 Å². The zero-order valence-corrected chi connectivity index (χ0v) is 10.7. The van der Waals surface area contributed by atoms with Gasteiger partial charge in [-0.3, -0.25) is 4.79 Å². The first kappa shape index (κ1) is 12.5. The smallest absolute Gasteiger partial charge is 0.248 e. The van der Waals surface area contributed by atoms with Gasteiger partial charge in [0.1, 0.15) is 12.1 Å². The van der Waals surface area contributed by atoms with E-state index in [1.165, 1.54) is 11.0 Å². The number of pyridine rings is 1. The van der Waals surface area contributed by atoms with Crippen LogP contribution in [0.15, 0.2) is 41.6 Å². The molecule has 1 aromatic carbocycles. The minimum atomic E-state index is -0.568. The largest absolute Gasteiger partial charge is 0.326 e. The molecule has 0 fully saturated rings. The summed E-state index contributed by atoms with van der Waals surface area (Å²) < 4.78 is 15.3. The molecular formula is C12H7ClFN5O. The van der Waals surface area contributed by atoms with Gasteiger partial charge >= 0.3 is 0 Å². The van der Waals surface area contributed by atoms with Crippen molar-refractivity contribution in [3.8, 4) is 16.8 Å². The van der Waals surface area contributed by atoms with E-state index in [9.17, 15) is 9.18 Å². The predicted molar refractivity (Wildman–Crippen MR) is 70.2 cm³/mol. The average Bonchev–Trinajstić information content (AvgIpc) is 2.95. The number of rotatable bonds is 2. The molecular weight excluding hydrogens is 285 g/mol. The van der Waals surface area contributed by atoms with Gasteiger partial charge < -0.3 is 4.98 Å². The second-order valence-electron chi connectivity index (χ2n) is 3.97. The summed E-state index contributed by atoms with van der Waals surface area (Å²) in [5.74, 6) is -0.568. The molecule has 8 heteroatoms. The molecule has 20 heavy (non-hydrogen) atoms. The van der Waals surface area contributed by atoms with E-state index in [2.05, 4.69) is 20.5 Å². The van der Waals surface area contributed by atoms with Crippen LogP contribution in [0.4, 0.5) is 4.39 Å². The van der Waals surface area contributed by atoms with Crippen LogP contribution in [0.5, 0.6) is 0 Å². The number of benzene rings is 1. The Hall–Kier alpha value is -2.54. The molecule has 3 aromatic rings. The van der Waals surface area contributed by atoms with Gasteiger partial charge in [-0.25, -0.2) is 4.39 Å². The van der Waals surface area contributed by atoms with Gasteiger partial charge in [-0.2, -0.15) is 4.68 Å². The first-order valence-corrected chi connectivity index (χ1v) is 5.94. The van der Waals surface area contributed by atoms with Gasteiger partial charge in [-0.05, 0) is 28.6 Å². The number of nitrogens with one attached hydrogen (secondary N) is 1. The van der Waals surface area contributed by atoms with Crippen LogP contribution < -0.4 is 5.56 Å². The summed E-state index contributed by atoms with van der Waals surface area (Å²) in [7, 11) is 0. The van der Waals surface area contributed by atoms with Crippen LogP contribution in [0.1, 0.15) is 0 Å². The molecule has 3 rings (SSSR count). The number of H-pyrrole nitrogens is 1. The van der Waals surface area contributed by atoms with Crippen molar-refractivity contribution in [3.63, 3.8) is 0 Å². The first-order valence-electron chi connectivity index (χ1n) is 5.56. The molecule has 0 saturated heterocycles. The molecule has 0 atom stereocenters. The summed E-state index contributed by atoms with van der Waals surface area (Å²) in [6.45, 7) is 0. The summed E-state index contributed by atoms with van der Waals surface area (Å²) in [5.41, 5.74) is 0.656. The Kier molecular flexibility index (Phi) is 3.03. The highest BCUT2D eigenvalue weighted by atomic mass is 35.5. The lowest BCUT2D eigenvalue weighted by atomic mass is 10.0. The molecule has 0 bridgehead atoms. The summed E-state index contributed by atoms with van der Waals surface area (Å²) in [4.78, 5) is 13.7. The van der Waals surface area contributed by atoms with Crippen LogP contribution in [0.2, 0.25) is 5.02 Å². The lowest BCUT2D eigenvalue weighted by molar-refractivity contribution is 0.623. The number of tetrazole rings is 1. The SMILES string of the molecule is O=c1cc(-c2cc(Cl)ccc2-n2cnnn2)c(F)c[nH]1. The van der Waals surface area contributed by atoms with Crippen molar-refractivity contribution < 1.29 is 4.39 Å². The number of aromatic nitrogens is 5. The van der Waals surface area contributed by atoms with Gasteiger partial charge in [0.15, 0.2) is 0 Å². The van der Waals surface area contributed by atoms with Gasteiger partial charge in [0, 0.05) is 28.4 Å². The molecule has 2 heterocycles. The zero-order chi connectivity index (χ0) is 14.1. The maximum Gasteiger partial charge on any atom is 0.248 e. The third kappa shape index (κ3) is 2.19. The highest BCUT2D eigenvalue weighted by Gasteiger charge is 2.13. The van der Waals surface area contributed by atoms with E-state index in [-0.39, 0.29) is 5.56 Å². The normalized spacial score (nSPS) is 10.7. The number of nitrogens with zero attached hydrogens (tertiary/aromatic N) is 4. The van der Waals surface area contributed by atoms with Crippen molar-refractivity contribution in [1.29, 1.82) is 0 Å². The standard InChI is InChI=1S/C12H7ClFN5O/c13-7-1-2-11(19-6-16-17-18-19)9(3-7)8-4-12(20)15-5-10(8)14/h1-6H,(H,15,20). The minimum Gasteiger partial charge on any atom is -0.326 e. The Bertz CT molecular complexity index is 815. The Morgan fingerprint density at radius 2 is 2.10 bits per heavy atom. The molecule has 0 aliphatic heterocycles. The van der Waals surface area contributed by atoms with Crippen LogP contribution in [-0.4, -0.2) is 25.2 Å². The summed E-state index contributed by atoms with van der Waals surface area (Å²) in [6, 6.07) is 5.99. The molecule has 0 saturated carbocycles. The van der Waals surface area contributed by atoms with E-state index < -0.39 is 11.4 Å². The molecule has 0 aliphatic carbocycles. The second-order valence-corrected chi connectivity index (χ2v) is 4.41. The molecule has 0 aliphatic rings. The van der Waals surface area contributed by atoms with Crippen LogP contribution in [0.25, 0.3) is 16.8 Å². The molecule has 2 aromatic heterocycles. The van der Waals surface area contributed by atoms with Gasteiger partial charge in [-0.15, -0.1) is 5.10 Å². The number of aromatic amines is 1. The van der Waals surface area contributed by atoms with Crippen molar-refractivity contribution in [2.24, 2.45) is 0 Å². The maximum atomic E-state index is 13.9. The summed E-state index contributed by atoms with van der Waals surface area (Å²) >= 11 is 5.95. The van der Waals surface area contributed by atoms with Crippen LogP contribution in [0, 0.1) is 5.82 Å². The van der Waals surface area contributed by atoms with Crippen molar-refractivity contribution in [2.45, 2.75) is 0 Å². The zero-order valence-electron chi connectivity index (χ0n) is 9.92. The average molecular weight is 292 g/mol. The molecule has 6 nitrogen and oxygen atoms in total. The van der Waals surface area contributed by atoms with E-state index in [1.807, 2.05) is 0 Å². The van der Waals surface area contributed by atoms with E-state index >= 15 is 0 Å². The Balaban J connectivity index is 2.30. The topological polar surface area (TPSA) is 76.5 Å². The number of hydrogen-bond donors (Lipinski definition) is 1. The van der Waals surface area contributed by atoms with E-state index in [0.717, 1.165) is 12.3 Å². The Morgan fingerprint density at radius 3 is 2.85 bits per heavy atom. The van der Waals surface area contributed by atoms with E-state index in [0.29, 0.717) is 16.3 Å². The number of halogens is 2. The highest BCUT2D eigenvalue weighted by molar-refractivity contribution is 6.31. The maximum absolute atomic E-state index is 13.9. The van der Waals surface area contributed by atoms with Crippen LogP contribution in [-0.2, 0) is 0 Å². The Labute approximate surface area is 116 Å². The highest BCUT2D eigenvalue weighted by Crippen LogP contribution is 2.29. The minimum absolute atomic E-state index is 0.127. The van der Waals surface area contributed by atoms with E-state index in [4.69, 9.17) is 11.6 Å². The van der Waals surface area contributed by atoms with Crippen LogP contribution >= 0.6 is 11.6 Å². The van der Waals surface area contributed by atoms with Crippen molar-refractivity contribution in [2.75, 3.05) is 0 Å². The fourth-order valence-corrected chi connectivity index (χ4v) is 2.03. The summed E-state index contributed by atoms with van der Waals surface area (Å²) in [5, 5.41) is 11.2. The van der Waals surface area contributed by atoms with Crippen molar-refractivity contribution >= 4 is 11.6 Å². The first-order chi connectivity index (χ1) is 9.65. The number of hydrogen-bond acceptors (Lipinski definition) is 4. The molecule has 0 radical (unpaired) electrons. The lowest BCUT2D eigenvalue weighted by Crippen LogP contribution is -2.06. The molecule has 100 valence electrons. The fourth-order valence-electron chi connectivity index (χ4n) is 1.86. The summed E-state index contributed by atoms with van der Waals surface area (Å²) in [6.07, 6.45) is 2.37. The predicted octanol–water partition coefficient (Wildman–Crippen LogP) is 1.81. The molecule has 0 spiro atoms. The quantitative estimate of drug-likeness (QED) is 0.781. The third-order valence-corrected chi connectivity index (χ3v) is 2.95. The monoisotopic (exact) mass is 291 g/mol. The van der Waals surface area contributed by atoms with Gasteiger partial charge in [0.05, 0.1) is 5.69 Å². The van der Waals surface area contributed by atoms with Crippen molar-refractivity contribution in [3.05, 3.63) is 58.0 Å². The van der Waals surface area contributed by atoms with Gasteiger partial charge in [-0.1, -0.05) is 11.6 Å². The molecule has 1 N–H and O–H groups in total. The van der Waals surface area contributed by atoms with Crippen molar-refractivity contribution in [1.82, 2.24) is 25.2 Å². The van der Waals surface area contributed by atoms with Gasteiger partial charge in [0.25, 0.3) is 0 Å². The van der Waals surface area contributed by atoms with Gasteiger partial charge in [0.2, 0.25) is 5.56 Å². The lowest BCUT2D eigenvalue weighted by Gasteiger charge is -2.09.